The summed E-state index contributed by atoms with van der Waals surface area (Å²) in [7, 11) is 0. The highest BCUT2D eigenvalue weighted by Gasteiger charge is 2.23. The van der Waals surface area contributed by atoms with Crippen LogP contribution in [0.1, 0.15) is 17.7 Å². The first-order chi connectivity index (χ1) is 15.8. The van der Waals surface area contributed by atoms with E-state index in [0.29, 0.717) is 24.5 Å². The van der Waals surface area contributed by atoms with E-state index in [2.05, 4.69) is 5.10 Å². The maximum atomic E-state index is 13.6. The van der Waals surface area contributed by atoms with Gasteiger partial charge in [-0.3, -0.25) is 9.69 Å². The Hall–Kier alpha value is -3.66. The minimum Gasteiger partial charge on any atom is -0.465 e. The van der Waals surface area contributed by atoms with E-state index in [9.17, 15) is 27.9 Å². The second-order valence-electron chi connectivity index (χ2n) is 7.76. The van der Waals surface area contributed by atoms with Crippen molar-refractivity contribution in [1.29, 1.82) is 0 Å². The molecule has 0 bridgehead atoms. The minimum atomic E-state index is -1.59. The number of nitrogens with zero attached hydrogens (tertiary/aromatic N) is 3. The van der Waals surface area contributed by atoms with Gasteiger partial charge in [-0.1, -0.05) is 12.1 Å². The molecule has 1 aliphatic rings. The van der Waals surface area contributed by atoms with Crippen LogP contribution in [0.4, 0.5) is 23.7 Å². The summed E-state index contributed by atoms with van der Waals surface area (Å²) in [5.41, 5.74) is 0.659. The molecule has 1 aromatic heterocycles. The minimum absolute atomic E-state index is 0.0552. The Bertz CT molecular complexity index is 1220. The van der Waals surface area contributed by atoms with Crippen LogP contribution >= 0.6 is 0 Å². The molecule has 0 aliphatic carbocycles. The monoisotopic (exact) mass is 459 g/mol. The molecule has 0 spiro atoms. The summed E-state index contributed by atoms with van der Waals surface area (Å²) >= 11 is 0. The Morgan fingerprint density at radius 3 is 2.61 bits per heavy atom. The van der Waals surface area contributed by atoms with Crippen molar-refractivity contribution in [3.8, 4) is 5.69 Å². The second-order valence-corrected chi connectivity index (χ2v) is 7.76. The van der Waals surface area contributed by atoms with Gasteiger partial charge in [0.1, 0.15) is 5.69 Å². The molecule has 3 aromatic rings. The van der Waals surface area contributed by atoms with Gasteiger partial charge in [-0.15, -0.1) is 0 Å². The van der Waals surface area contributed by atoms with Crippen LogP contribution in [0, 0.1) is 23.4 Å². The molecule has 1 N–H and O–H groups in total. The Balaban J connectivity index is 1.61. The lowest BCUT2D eigenvalue weighted by atomic mass is 10.1. The standard InChI is InChI=1S/C23H20F3N3O4/c24-18-10-17(11-19(25)22(18)26)29-6-4-21(30)20(27-29)9-14-2-1-3-16(8-14)28(23(31)32)12-15-5-7-33-13-15/h1-4,6,8,10-11,15H,5,7,9,12-13H2,(H,31,32). The summed E-state index contributed by atoms with van der Waals surface area (Å²) in [5, 5.41) is 13.8. The summed E-state index contributed by atoms with van der Waals surface area (Å²) in [6.45, 7) is 1.39. The summed E-state index contributed by atoms with van der Waals surface area (Å²) in [4.78, 5) is 25.4. The van der Waals surface area contributed by atoms with Crippen molar-refractivity contribution in [2.75, 3.05) is 24.7 Å². The number of aromatic nitrogens is 2. The van der Waals surface area contributed by atoms with Crippen LogP contribution in [-0.4, -0.2) is 40.7 Å². The number of amides is 1. The van der Waals surface area contributed by atoms with E-state index in [-0.39, 0.29) is 30.3 Å². The number of carboxylic acid groups (broad SMARTS) is 1. The van der Waals surface area contributed by atoms with Crippen molar-refractivity contribution in [1.82, 2.24) is 9.78 Å². The molecule has 1 amide bonds. The molecule has 2 aromatic carbocycles. The lowest BCUT2D eigenvalue weighted by Crippen LogP contribution is -2.34. The maximum Gasteiger partial charge on any atom is 0.411 e. The summed E-state index contributed by atoms with van der Waals surface area (Å²) < 4.78 is 46.9. The fourth-order valence-corrected chi connectivity index (χ4v) is 3.69. The number of carbonyl (C=O) groups is 1. The van der Waals surface area contributed by atoms with Crippen molar-refractivity contribution in [3.63, 3.8) is 0 Å². The van der Waals surface area contributed by atoms with Gasteiger partial charge in [-0.05, 0) is 24.1 Å². The molecular weight excluding hydrogens is 439 g/mol. The van der Waals surface area contributed by atoms with Gasteiger partial charge in [0.15, 0.2) is 17.5 Å². The molecule has 33 heavy (non-hydrogen) atoms. The topological polar surface area (TPSA) is 84.7 Å². The predicted octanol–water partition coefficient (Wildman–Crippen LogP) is 3.76. The van der Waals surface area contributed by atoms with Gasteiger partial charge < -0.3 is 9.84 Å². The zero-order chi connectivity index (χ0) is 23.5. The summed E-state index contributed by atoms with van der Waals surface area (Å²) in [5.74, 6) is -4.24. The Labute approximate surface area is 186 Å². The van der Waals surface area contributed by atoms with Gasteiger partial charge in [0.2, 0.25) is 5.43 Å². The van der Waals surface area contributed by atoms with E-state index >= 15 is 0 Å². The third-order valence-corrected chi connectivity index (χ3v) is 5.40. The molecule has 1 aliphatic heterocycles. The third kappa shape index (κ3) is 5.06. The van der Waals surface area contributed by atoms with Crippen LogP contribution in [0.15, 0.2) is 53.5 Å². The SMILES string of the molecule is O=C(O)N(CC1CCOC1)c1cccc(Cc2nn(-c3cc(F)c(F)c(F)c3)ccc2=O)c1. The number of ether oxygens (including phenoxy) is 1. The molecule has 1 unspecified atom stereocenters. The molecule has 1 atom stereocenters. The van der Waals surface area contributed by atoms with Crippen LogP contribution in [0.25, 0.3) is 5.69 Å². The number of anilines is 1. The van der Waals surface area contributed by atoms with Crippen molar-refractivity contribution in [2.45, 2.75) is 12.8 Å². The van der Waals surface area contributed by atoms with Crippen LogP contribution in [0.2, 0.25) is 0 Å². The van der Waals surface area contributed by atoms with Gasteiger partial charge in [0.05, 0.1) is 12.3 Å². The van der Waals surface area contributed by atoms with Crippen LogP contribution in [-0.2, 0) is 11.2 Å². The lowest BCUT2D eigenvalue weighted by molar-refractivity contribution is 0.183. The quantitative estimate of drug-likeness (QED) is 0.568. The Morgan fingerprint density at radius 1 is 1.18 bits per heavy atom. The highest BCUT2D eigenvalue weighted by Crippen LogP contribution is 2.22. The van der Waals surface area contributed by atoms with Gasteiger partial charge in [-0.2, -0.15) is 5.10 Å². The first-order valence-electron chi connectivity index (χ1n) is 10.2. The van der Waals surface area contributed by atoms with Gasteiger partial charge >= 0.3 is 6.09 Å². The van der Waals surface area contributed by atoms with E-state index < -0.39 is 29.0 Å². The molecule has 7 nitrogen and oxygen atoms in total. The van der Waals surface area contributed by atoms with Crippen LogP contribution in [0.5, 0.6) is 0 Å². The zero-order valence-electron chi connectivity index (χ0n) is 17.4. The van der Waals surface area contributed by atoms with Crippen molar-refractivity contribution in [3.05, 3.63) is 87.6 Å². The van der Waals surface area contributed by atoms with E-state index in [1.54, 1.807) is 24.3 Å². The van der Waals surface area contributed by atoms with E-state index in [4.69, 9.17) is 4.74 Å². The van der Waals surface area contributed by atoms with Crippen LogP contribution < -0.4 is 10.3 Å². The third-order valence-electron chi connectivity index (χ3n) is 5.40. The molecule has 10 heteroatoms. The number of benzene rings is 2. The van der Waals surface area contributed by atoms with Crippen molar-refractivity contribution >= 4 is 11.8 Å². The largest absolute Gasteiger partial charge is 0.465 e. The van der Waals surface area contributed by atoms with E-state index in [1.807, 2.05) is 0 Å². The second kappa shape index (κ2) is 9.45. The Kier molecular flexibility index (Phi) is 6.45. The van der Waals surface area contributed by atoms with Crippen molar-refractivity contribution < 1.29 is 27.8 Å². The molecule has 2 heterocycles. The number of halogens is 3. The average Bonchev–Trinajstić information content (AvgIpc) is 3.30. The number of hydrogen-bond donors (Lipinski definition) is 1. The molecular formula is C23H20F3N3O4. The molecule has 1 fully saturated rings. The van der Waals surface area contributed by atoms with E-state index in [0.717, 1.165) is 23.2 Å². The normalized spacial score (nSPS) is 15.5. The van der Waals surface area contributed by atoms with Gasteiger partial charge in [0, 0.05) is 55.6 Å². The zero-order valence-corrected chi connectivity index (χ0v) is 17.4. The fraction of sp³-hybridized carbons (Fsp3) is 0.261. The Morgan fingerprint density at radius 2 is 1.94 bits per heavy atom. The highest BCUT2D eigenvalue weighted by molar-refractivity contribution is 5.86. The fourth-order valence-electron chi connectivity index (χ4n) is 3.69. The molecule has 1 saturated heterocycles. The molecule has 0 saturated carbocycles. The average molecular weight is 459 g/mol. The molecule has 172 valence electrons. The first-order valence-corrected chi connectivity index (χ1v) is 10.2. The molecule has 0 radical (unpaired) electrons. The van der Waals surface area contributed by atoms with Crippen molar-refractivity contribution in [2.24, 2.45) is 5.92 Å². The first kappa shape index (κ1) is 22.5. The van der Waals surface area contributed by atoms with E-state index in [1.165, 1.54) is 17.2 Å². The highest BCUT2D eigenvalue weighted by atomic mass is 19.2. The summed E-state index contributed by atoms with van der Waals surface area (Å²) in [6, 6.07) is 9.45. The van der Waals surface area contributed by atoms with Gasteiger partial charge in [0.25, 0.3) is 0 Å². The summed E-state index contributed by atoms with van der Waals surface area (Å²) in [6.07, 6.45) is 0.963. The van der Waals surface area contributed by atoms with Crippen LogP contribution in [0.3, 0.4) is 0 Å². The van der Waals surface area contributed by atoms with Gasteiger partial charge in [-0.25, -0.2) is 22.6 Å². The molecule has 4 rings (SSSR count). The predicted molar refractivity (Wildman–Crippen MR) is 113 cm³/mol. The number of hydrogen-bond acceptors (Lipinski definition) is 4. The number of rotatable bonds is 6. The lowest BCUT2D eigenvalue weighted by Gasteiger charge is -2.22. The maximum absolute atomic E-state index is 13.6. The smallest absolute Gasteiger partial charge is 0.411 e.